The van der Waals surface area contributed by atoms with Gasteiger partial charge >= 0.3 is 5.69 Å². The zero-order valence-corrected chi connectivity index (χ0v) is 18.4. The number of aromatic nitrogens is 6. The normalized spacial score (nSPS) is 13.1. The maximum absolute atomic E-state index is 13.1. The molecule has 3 heterocycles. The highest BCUT2D eigenvalue weighted by Crippen LogP contribution is 2.34. The Bertz CT molecular complexity index is 1700. The summed E-state index contributed by atoms with van der Waals surface area (Å²) < 4.78 is 1.49. The third-order valence-electron chi connectivity index (χ3n) is 5.90. The molecule has 0 spiro atoms. The molecule has 1 aliphatic carbocycles. The Hall–Kier alpha value is -4.86. The summed E-state index contributed by atoms with van der Waals surface area (Å²) in [6.07, 6.45) is 3.09. The molecule has 10 heteroatoms. The average Bonchev–Trinajstić information content (AvgIpc) is 3.59. The highest BCUT2D eigenvalue weighted by molar-refractivity contribution is 6.07. The summed E-state index contributed by atoms with van der Waals surface area (Å²) in [4.78, 5) is 49.0. The van der Waals surface area contributed by atoms with Gasteiger partial charge in [-0.15, -0.1) is 0 Å². The lowest BCUT2D eigenvalue weighted by Gasteiger charge is -2.11. The predicted octanol–water partition coefficient (Wildman–Crippen LogP) is 3.12. The lowest BCUT2D eigenvalue weighted by molar-refractivity contribution is 0.102. The van der Waals surface area contributed by atoms with Crippen LogP contribution in [0.25, 0.3) is 33.8 Å². The Balaban J connectivity index is 1.33. The number of hydrogen-bond acceptors (Lipinski definition) is 6. The van der Waals surface area contributed by atoms with Crippen LogP contribution in [-0.2, 0) is 0 Å². The van der Waals surface area contributed by atoms with Crippen LogP contribution in [0.4, 0.5) is 5.69 Å². The van der Waals surface area contributed by atoms with Gasteiger partial charge in [0.1, 0.15) is 5.65 Å². The van der Waals surface area contributed by atoms with Crippen LogP contribution in [0.2, 0.25) is 0 Å². The minimum absolute atomic E-state index is 0.0311. The average molecular weight is 465 g/mol. The van der Waals surface area contributed by atoms with E-state index >= 15 is 0 Å². The number of carbonyl (C=O) groups is 1. The molecule has 0 aliphatic heterocycles. The summed E-state index contributed by atoms with van der Waals surface area (Å²) in [5, 5.41) is 10.3. The van der Waals surface area contributed by atoms with Gasteiger partial charge in [-0.1, -0.05) is 42.5 Å². The number of fused-ring (bicyclic) bond motifs is 1. The number of aromatic amines is 2. The van der Waals surface area contributed by atoms with E-state index < -0.39 is 17.2 Å². The zero-order chi connectivity index (χ0) is 23.9. The highest BCUT2D eigenvalue weighted by atomic mass is 16.2. The van der Waals surface area contributed by atoms with Crippen LogP contribution in [0.5, 0.6) is 0 Å². The SMILES string of the molecule is O=C(Nc1ccccc1-c1nc(-c2ccccc2)n[nH]1)c1cnc2c(c1)c(=O)[nH]c(=O)n2C1CC1. The van der Waals surface area contributed by atoms with E-state index in [2.05, 4.69) is 30.5 Å². The van der Waals surface area contributed by atoms with E-state index in [1.54, 1.807) is 12.1 Å². The number of nitrogens with zero attached hydrogens (tertiary/aromatic N) is 4. The summed E-state index contributed by atoms with van der Waals surface area (Å²) in [6.45, 7) is 0. The van der Waals surface area contributed by atoms with Crippen molar-refractivity contribution in [2.24, 2.45) is 0 Å². The van der Waals surface area contributed by atoms with Crippen molar-refractivity contribution in [3.05, 3.63) is 93.3 Å². The molecule has 2 aromatic carbocycles. The molecule has 172 valence electrons. The molecule has 0 radical (unpaired) electrons. The first-order valence-corrected chi connectivity index (χ1v) is 11.1. The molecule has 0 saturated heterocycles. The van der Waals surface area contributed by atoms with Crippen molar-refractivity contribution in [1.82, 2.24) is 29.7 Å². The minimum Gasteiger partial charge on any atom is -0.321 e. The molecule has 0 bridgehead atoms. The first kappa shape index (κ1) is 20.7. The van der Waals surface area contributed by atoms with Gasteiger partial charge in [0.15, 0.2) is 11.6 Å². The summed E-state index contributed by atoms with van der Waals surface area (Å²) in [7, 11) is 0. The quantitative estimate of drug-likeness (QED) is 0.365. The molecule has 1 fully saturated rings. The molecule has 10 nitrogen and oxygen atoms in total. The minimum atomic E-state index is -0.570. The Morgan fingerprint density at radius 3 is 2.60 bits per heavy atom. The second kappa shape index (κ2) is 8.17. The highest BCUT2D eigenvalue weighted by Gasteiger charge is 2.28. The van der Waals surface area contributed by atoms with Crippen molar-refractivity contribution in [2.75, 3.05) is 5.32 Å². The summed E-state index contributed by atoms with van der Waals surface area (Å²) in [5.41, 5.74) is 1.48. The van der Waals surface area contributed by atoms with Crippen molar-refractivity contribution in [2.45, 2.75) is 18.9 Å². The van der Waals surface area contributed by atoms with Crippen LogP contribution in [0.3, 0.4) is 0 Å². The lowest BCUT2D eigenvalue weighted by atomic mass is 10.1. The fourth-order valence-electron chi connectivity index (χ4n) is 4.02. The Kier molecular flexibility index (Phi) is 4.84. The first-order valence-electron chi connectivity index (χ1n) is 11.1. The Labute approximate surface area is 197 Å². The van der Waals surface area contributed by atoms with E-state index in [0.29, 0.717) is 22.9 Å². The smallest absolute Gasteiger partial charge is 0.321 e. The van der Waals surface area contributed by atoms with E-state index in [4.69, 9.17) is 0 Å². The number of pyridine rings is 1. The fraction of sp³-hybridized carbons (Fsp3) is 0.120. The van der Waals surface area contributed by atoms with Gasteiger partial charge < -0.3 is 5.32 Å². The van der Waals surface area contributed by atoms with E-state index in [1.807, 2.05) is 42.5 Å². The largest absolute Gasteiger partial charge is 0.330 e. The zero-order valence-electron chi connectivity index (χ0n) is 18.4. The Morgan fingerprint density at radius 2 is 1.80 bits per heavy atom. The molecule has 1 aliphatic rings. The van der Waals surface area contributed by atoms with Crippen LogP contribution >= 0.6 is 0 Å². The maximum Gasteiger partial charge on any atom is 0.330 e. The standard InChI is InChI=1S/C25H19N7O3/c33-23(15-12-18-22(26-13-15)32(16-10-11-16)25(35)29-24(18)34)27-19-9-5-4-8-17(19)21-28-20(30-31-21)14-6-2-1-3-7-14/h1-9,12-13,16H,10-11H2,(H,27,33)(H,28,30,31)(H,29,34,35). The molecule has 1 amide bonds. The number of amides is 1. The molecule has 0 atom stereocenters. The monoisotopic (exact) mass is 465 g/mol. The van der Waals surface area contributed by atoms with Crippen molar-refractivity contribution >= 4 is 22.6 Å². The molecular formula is C25H19N7O3. The number of H-pyrrole nitrogens is 2. The van der Waals surface area contributed by atoms with Gasteiger partial charge in [0.25, 0.3) is 11.5 Å². The van der Waals surface area contributed by atoms with Gasteiger partial charge in [-0.2, -0.15) is 5.10 Å². The molecule has 35 heavy (non-hydrogen) atoms. The molecule has 3 aromatic heterocycles. The van der Waals surface area contributed by atoms with E-state index in [9.17, 15) is 14.4 Å². The van der Waals surface area contributed by atoms with Gasteiger partial charge in [-0.3, -0.25) is 24.2 Å². The third-order valence-corrected chi connectivity index (χ3v) is 5.90. The van der Waals surface area contributed by atoms with Crippen LogP contribution in [-0.4, -0.2) is 35.6 Å². The fourth-order valence-corrected chi connectivity index (χ4v) is 4.02. The van der Waals surface area contributed by atoms with Crippen molar-refractivity contribution in [1.29, 1.82) is 0 Å². The number of rotatable bonds is 5. The number of anilines is 1. The van der Waals surface area contributed by atoms with E-state index in [1.165, 1.54) is 16.8 Å². The predicted molar refractivity (Wildman–Crippen MR) is 130 cm³/mol. The summed E-state index contributed by atoms with van der Waals surface area (Å²) in [5.74, 6) is 0.598. The van der Waals surface area contributed by atoms with Crippen molar-refractivity contribution < 1.29 is 4.79 Å². The second-order valence-electron chi connectivity index (χ2n) is 8.33. The number of nitrogens with one attached hydrogen (secondary N) is 3. The summed E-state index contributed by atoms with van der Waals surface area (Å²) in [6, 6.07) is 18.3. The Morgan fingerprint density at radius 1 is 1.03 bits per heavy atom. The van der Waals surface area contributed by atoms with Crippen molar-refractivity contribution in [3.8, 4) is 22.8 Å². The maximum atomic E-state index is 13.1. The molecule has 0 unspecified atom stereocenters. The van der Waals surface area contributed by atoms with Crippen LogP contribution in [0, 0.1) is 0 Å². The van der Waals surface area contributed by atoms with Crippen LogP contribution in [0.15, 0.2) is 76.4 Å². The number of benzene rings is 2. The number of hydrogen-bond donors (Lipinski definition) is 3. The molecular weight excluding hydrogens is 446 g/mol. The number of carbonyl (C=O) groups excluding carboxylic acids is 1. The topological polar surface area (TPSA) is 138 Å². The molecule has 1 saturated carbocycles. The third kappa shape index (κ3) is 3.80. The van der Waals surface area contributed by atoms with Crippen LogP contribution in [0.1, 0.15) is 29.2 Å². The summed E-state index contributed by atoms with van der Waals surface area (Å²) >= 11 is 0. The molecule has 6 rings (SSSR count). The first-order chi connectivity index (χ1) is 17.1. The number of para-hydroxylation sites is 1. The van der Waals surface area contributed by atoms with E-state index in [0.717, 1.165) is 18.4 Å². The van der Waals surface area contributed by atoms with Crippen LogP contribution < -0.4 is 16.6 Å². The molecule has 5 aromatic rings. The van der Waals surface area contributed by atoms with Crippen molar-refractivity contribution in [3.63, 3.8) is 0 Å². The van der Waals surface area contributed by atoms with Gasteiger partial charge in [0, 0.05) is 23.4 Å². The lowest BCUT2D eigenvalue weighted by Crippen LogP contribution is -2.30. The second-order valence-corrected chi connectivity index (χ2v) is 8.33. The van der Waals surface area contributed by atoms with E-state index in [-0.39, 0.29) is 22.6 Å². The molecule has 3 N–H and O–H groups in total. The van der Waals surface area contributed by atoms with Gasteiger partial charge in [0.05, 0.1) is 16.6 Å². The van der Waals surface area contributed by atoms with Gasteiger partial charge in [0.2, 0.25) is 0 Å². The van der Waals surface area contributed by atoms with Gasteiger partial charge in [-0.25, -0.2) is 14.8 Å². The van der Waals surface area contributed by atoms with Gasteiger partial charge in [-0.05, 0) is 31.0 Å².